The molecule has 6 nitrogen and oxygen atoms in total. The van der Waals surface area contributed by atoms with Crippen LogP contribution in [0.25, 0.3) is 0 Å². The number of ether oxygens (including phenoxy) is 2. The van der Waals surface area contributed by atoms with Crippen molar-refractivity contribution in [1.82, 2.24) is 5.32 Å². The zero-order valence-electron chi connectivity index (χ0n) is 12.4. The van der Waals surface area contributed by atoms with E-state index in [1.807, 2.05) is 13.8 Å². The first-order valence-electron chi connectivity index (χ1n) is 6.90. The minimum absolute atomic E-state index is 0.0790. The lowest BCUT2D eigenvalue weighted by Gasteiger charge is -2.09. The van der Waals surface area contributed by atoms with Crippen LogP contribution in [0.2, 0.25) is 0 Å². The van der Waals surface area contributed by atoms with E-state index in [0.717, 1.165) is 0 Å². The summed E-state index contributed by atoms with van der Waals surface area (Å²) in [6.07, 6.45) is 0.292. The zero-order valence-corrected chi connectivity index (χ0v) is 12.4. The van der Waals surface area contributed by atoms with Crippen LogP contribution >= 0.6 is 0 Å². The summed E-state index contributed by atoms with van der Waals surface area (Å²) in [7, 11) is 0. The molecule has 1 aromatic carbocycles. The first kappa shape index (κ1) is 16.8. The van der Waals surface area contributed by atoms with Gasteiger partial charge in [0.15, 0.2) is 0 Å². The molecule has 1 amide bonds. The predicted octanol–water partition coefficient (Wildman–Crippen LogP) is 1.50. The second kappa shape index (κ2) is 8.84. The summed E-state index contributed by atoms with van der Waals surface area (Å²) in [5.41, 5.74) is 6.21. The lowest BCUT2D eigenvalue weighted by molar-refractivity contribution is -0.144. The molecule has 6 heteroatoms. The fourth-order valence-electron chi connectivity index (χ4n) is 1.58. The van der Waals surface area contributed by atoms with E-state index in [-0.39, 0.29) is 38.0 Å². The van der Waals surface area contributed by atoms with Crippen molar-refractivity contribution in [3.8, 4) is 5.75 Å². The average Bonchev–Trinajstić information content (AvgIpc) is 2.37. The lowest BCUT2D eigenvalue weighted by Crippen LogP contribution is -2.31. The molecule has 0 radical (unpaired) electrons. The fourth-order valence-corrected chi connectivity index (χ4v) is 1.58. The molecule has 0 unspecified atom stereocenters. The highest BCUT2D eigenvalue weighted by Gasteiger charge is 2.07. The number of carbonyl (C=O) groups excluding carboxylic acids is 2. The number of nitrogens with one attached hydrogen (secondary N) is 1. The monoisotopic (exact) mass is 294 g/mol. The van der Waals surface area contributed by atoms with E-state index >= 15 is 0 Å². The second-order valence-electron chi connectivity index (χ2n) is 4.86. The maximum absolute atomic E-state index is 11.4. The van der Waals surface area contributed by atoms with E-state index in [1.54, 1.807) is 24.3 Å². The Hall–Kier alpha value is -2.24. The van der Waals surface area contributed by atoms with Crippen molar-refractivity contribution in [1.29, 1.82) is 0 Å². The van der Waals surface area contributed by atoms with Gasteiger partial charge in [-0.1, -0.05) is 6.07 Å². The van der Waals surface area contributed by atoms with E-state index in [4.69, 9.17) is 15.2 Å². The average molecular weight is 294 g/mol. The smallest absolute Gasteiger partial charge is 0.309 e. The summed E-state index contributed by atoms with van der Waals surface area (Å²) in [4.78, 5) is 22.8. The summed E-state index contributed by atoms with van der Waals surface area (Å²) in [6.45, 7) is 4.03. The van der Waals surface area contributed by atoms with E-state index < -0.39 is 5.97 Å². The van der Waals surface area contributed by atoms with Crippen LogP contribution in [-0.2, 0) is 14.3 Å². The summed E-state index contributed by atoms with van der Waals surface area (Å²) >= 11 is 0. The van der Waals surface area contributed by atoms with Gasteiger partial charge in [0.25, 0.3) is 0 Å². The number of rotatable bonds is 8. The highest BCUT2D eigenvalue weighted by atomic mass is 16.5. The van der Waals surface area contributed by atoms with Crippen molar-refractivity contribution in [2.75, 3.05) is 18.9 Å². The largest absolute Gasteiger partial charge is 0.493 e. The van der Waals surface area contributed by atoms with Gasteiger partial charge < -0.3 is 20.5 Å². The molecule has 21 heavy (non-hydrogen) atoms. The van der Waals surface area contributed by atoms with Gasteiger partial charge in [-0.3, -0.25) is 9.59 Å². The van der Waals surface area contributed by atoms with Gasteiger partial charge in [0.05, 0.1) is 19.4 Å². The van der Waals surface area contributed by atoms with Crippen LogP contribution in [0, 0.1) is 0 Å². The number of carbonyl (C=O) groups is 2. The van der Waals surface area contributed by atoms with Crippen molar-refractivity contribution in [3.05, 3.63) is 24.3 Å². The van der Waals surface area contributed by atoms with E-state index in [1.165, 1.54) is 0 Å². The van der Waals surface area contributed by atoms with Crippen molar-refractivity contribution >= 4 is 17.6 Å². The molecule has 0 heterocycles. The van der Waals surface area contributed by atoms with Crippen molar-refractivity contribution in [2.24, 2.45) is 0 Å². The number of esters is 1. The Morgan fingerprint density at radius 1 is 1.24 bits per heavy atom. The summed E-state index contributed by atoms with van der Waals surface area (Å²) in [6, 6.07) is 7.05. The molecule has 0 aliphatic heterocycles. The van der Waals surface area contributed by atoms with Crippen LogP contribution in [0.4, 0.5) is 5.69 Å². The Labute approximate surface area is 124 Å². The number of amides is 1. The Morgan fingerprint density at radius 2 is 2.00 bits per heavy atom. The van der Waals surface area contributed by atoms with Gasteiger partial charge in [-0.05, 0) is 26.0 Å². The number of nitrogens with two attached hydrogens (primary N) is 1. The van der Waals surface area contributed by atoms with Crippen LogP contribution in [0.5, 0.6) is 5.75 Å². The summed E-state index contributed by atoms with van der Waals surface area (Å²) in [5, 5.41) is 2.72. The Balaban J connectivity index is 2.13. The van der Waals surface area contributed by atoms with Gasteiger partial charge in [-0.25, -0.2) is 0 Å². The summed E-state index contributed by atoms with van der Waals surface area (Å²) < 4.78 is 10.3. The third-order valence-corrected chi connectivity index (χ3v) is 2.47. The van der Waals surface area contributed by atoms with Gasteiger partial charge in [0.2, 0.25) is 5.91 Å². The topological polar surface area (TPSA) is 90.6 Å². The number of hydrogen-bond donors (Lipinski definition) is 2. The molecule has 0 aromatic heterocycles. The third kappa shape index (κ3) is 7.81. The number of benzene rings is 1. The molecule has 116 valence electrons. The molecule has 0 atom stereocenters. The van der Waals surface area contributed by atoms with Gasteiger partial charge in [-0.15, -0.1) is 0 Å². The van der Waals surface area contributed by atoms with Crippen LogP contribution in [0.3, 0.4) is 0 Å². The zero-order chi connectivity index (χ0) is 15.7. The summed E-state index contributed by atoms with van der Waals surface area (Å²) in [5.74, 6) is 0.0872. The second-order valence-corrected chi connectivity index (χ2v) is 4.86. The number of anilines is 1. The minimum Gasteiger partial charge on any atom is -0.493 e. The number of hydrogen-bond acceptors (Lipinski definition) is 5. The molecule has 0 aliphatic carbocycles. The minimum atomic E-state index is -0.392. The molecule has 0 saturated heterocycles. The normalized spacial score (nSPS) is 10.2. The van der Waals surface area contributed by atoms with E-state index in [0.29, 0.717) is 11.4 Å². The molecule has 0 aliphatic rings. The molecule has 0 fully saturated rings. The molecule has 3 N–H and O–H groups in total. The first-order chi connectivity index (χ1) is 9.97. The van der Waals surface area contributed by atoms with Crippen LogP contribution in [0.1, 0.15) is 26.7 Å². The van der Waals surface area contributed by atoms with Gasteiger partial charge in [0.1, 0.15) is 12.4 Å². The maximum Gasteiger partial charge on any atom is 0.309 e. The Morgan fingerprint density at radius 3 is 2.67 bits per heavy atom. The van der Waals surface area contributed by atoms with Crippen LogP contribution in [0.15, 0.2) is 24.3 Å². The third-order valence-electron chi connectivity index (χ3n) is 2.47. The fraction of sp³-hybridized carbons (Fsp3) is 0.467. The van der Waals surface area contributed by atoms with Gasteiger partial charge in [-0.2, -0.15) is 0 Å². The molecular weight excluding hydrogens is 272 g/mol. The predicted molar refractivity (Wildman–Crippen MR) is 79.8 cm³/mol. The highest BCUT2D eigenvalue weighted by Crippen LogP contribution is 2.14. The highest BCUT2D eigenvalue weighted by molar-refractivity contribution is 5.76. The molecule has 1 aromatic rings. The first-order valence-corrected chi connectivity index (χ1v) is 6.90. The molecular formula is C15H22N2O4. The van der Waals surface area contributed by atoms with Crippen LogP contribution in [-0.4, -0.2) is 31.1 Å². The van der Waals surface area contributed by atoms with Crippen molar-refractivity contribution < 1.29 is 19.1 Å². The van der Waals surface area contributed by atoms with Gasteiger partial charge >= 0.3 is 5.97 Å². The quantitative estimate of drug-likeness (QED) is 0.560. The molecule has 0 bridgehead atoms. The maximum atomic E-state index is 11.4. The van der Waals surface area contributed by atoms with E-state index in [2.05, 4.69) is 5.32 Å². The number of nitrogen functional groups attached to an aromatic ring is 1. The lowest BCUT2D eigenvalue weighted by atomic mass is 10.3. The molecule has 1 rings (SSSR count). The van der Waals surface area contributed by atoms with Crippen LogP contribution < -0.4 is 15.8 Å². The van der Waals surface area contributed by atoms with Crippen molar-refractivity contribution in [2.45, 2.75) is 32.7 Å². The molecule has 0 saturated carbocycles. The SMILES string of the molecule is CC(C)NC(=O)CCOC(=O)CCOc1cccc(N)c1. The Bertz CT molecular complexity index is 474. The van der Waals surface area contributed by atoms with Crippen molar-refractivity contribution in [3.63, 3.8) is 0 Å². The van der Waals surface area contributed by atoms with Gasteiger partial charge in [0, 0.05) is 17.8 Å². The standard InChI is InChI=1S/C15H22N2O4/c1-11(2)17-14(18)6-8-21-15(19)7-9-20-13-5-3-4-12(16)10-13/h3-5,10-11H,6-9,16H2,1-2H3,(H,17,18). The van der Waals surface area contributed by atoms with E-state index in [9.17, 15) is 9.59 Å². The molecule has 0 spiro atoms. The Kier molecular flexibility index (Phi) is 7.08.